The van der Waals surface area contributed by atoms with Gasteiger partial charge in [-0.2, -0.15) is 10.1 Å². The van der Waals surface area contributed by atoms with E-state index in [2.05, 4.69) is 46.9 Å². The molecule has 0 saturated heterocycles. The number of nitrogens with zero attached hydrogens (tertiary/aromatic N) is 4. The molecule has 2 aromatic rings. The van der Waals surface area contributed by atoms with Crippen molar-refractivity contribution in [3.8, 4) is 0 Å². The summed E-state index contributed by atoms with van der Waals surface area (Å²) in [5, 5.41) is 8.75. The normalized spacial score (nSPS) is 24.2. The number of rotatable bonds is 6. The second kappa shape index (κ2) is 5.21. The van der Waals surface area contributed by atoms with E-state index in [0.29, 0.717) is 17.8 Å². The van der Waals surface area contributed by atoms with Crippen molar-refractivity contribution in [1.82, 2.24) is 19.9 Å². The van der Waals surface area contributed by atoms with Gasteiger partial charge in [-0.05, 0) is 43.6 Å². The lowest BCUT2D eigenvalue weighted by molar-refractivity contribution is 0.373. The lowest BCUT2D eigenvalue weighted by Crippen LogP contribution is -1.98. The Hall–Kier alpha value is -1.65. The summed E-state index contributed by atoms with van der Waals surface area (Å²) in [5.41, 5.74) is 2.59. The van der Waals surface area contributed by atoms with Gasteiger partial charge in [0.1, 0.15) is 0 Å². The lowest BCUT2D eigenvalue weighted by atomic mass is 10.1. The fraction of sp³-hybridized carbons (Fsp3) is 0.706. The van der Waals surface area contributed by atoms with Crippen molar-refractivity contribution in [2.24, 2.45) is 13.0 Å². The third kappa shape index (κ3) is 2.69. The summed E-state index contributed by atoms with van der Waals surface area (Å²) < 4.78 is 7.40. The van der Waals surface area contributed by atoms with Crippen molar-refractivity contribution in [3.63, 3.8) is 0 Å². The number of hydrogen-bond acceptors (Lipinski definition) is 4. The van der Waals surface area contributed by atoms with Crippen molar-refractivity contribution in [3.05, 3.63) is 29.2 Å². The summed E-state index contributed by atoms with van der Waals surface area (Å²) in [7, 11) is 2.07. The largest absolute Gasteiger partial charge is 0.339 e. The molecule has 2 fully saturated rings. The predicted molar refractivity (Wildman–Crippen MR) is 82.7 cm³/mol. The second-order valence-electron chi connectivity index (χ2n) is 7.24. The third-order valence-electron chi connectivity index (χ3n) is 4.98. The molecular formula is C17H24N4O. The molecule has 2 aromatic heterocycles. The summed E-state index contributed by atoms with van der Waals surface area (Å²) in [5.74, 6) is 4.21. The Labute approximate surface area is 131 Å². The number of aromatic nitrogens is 4. The monoisotopic (exact) mass is 300 g/mol. The zero-order valence-electron chi connectivity index (χ0n) is 13.6. The first-order chi connectivity index (χ1) is 10.6. The van der Waals surface area contributed by atoms with Crippen LogP contribution in [0.4, 0.5) is 0 Å². The molecule has 2 aliphatic carbocycles. The molecule has 0 aromatic carbocycles. The molecule has 0 bridgehead atoms. The van der Waals surface area contributed by atoms with Gasteiger partial charge in [0.05, 0.1) is 5.69 Å². The summed E-state index contributed by atoms with van der Waals surface area (Å²) in [6.45, 7) is 4.40. The summed E-state index contributed by atoms with van der Waals surface area (Å²) in [4.78, 5) is 4.52. The van der Waals surface area contributed by atoms with E-state index in [9.17, 15) is 0 Å². The van der Waals surface area contributed by atoms with Crippen LogP contribution in [0.1, 0.15) is 80.4 Å². The first-order valence-electron chi connectivity index (χ1n) is 8.48. The molecule has 0 spiro atoms. The van der Waals surface area contributed by atoms with Crippen LogP contribution in [0.15, 0.2) is 10.6 Å². The Morgan fingerprint density at radius 3 is 2.86 bits per heavy atom. The minimum absolute atomic E-state index is 0.498. The van der Waals surface area contributed by atoms with Crippen molar-refractivity contribution in [1.29, 1.82) is 0 Å². The molecule has 22 heavy (non-hydrogen) atoms. The van der Waals surface area contributed by atoms with Crippen LogP contribution in [0.2, 0.25) is 0 Å². The van der Waals surface area contributed by atoms with E-state index in [-0.39, 0.29) is 0 Å². The average molecular weight is 300 g/mol. The van der Waals surface area contributed by atoms with Crippen molar-refractivity contribution < 1.29 is 4.52 Å². The summed E-state index contributed by atoms with van der Waals surface area (Å²) in [6, 6.07) is 2.29. The Balaban J connectivity index is 1.34. The standard InChI is InChI=1S/C17H24N4O/c1-10(2)14-9-15(21(3)19-14)13-8-12(13)6-7-16-18-17(22-20-16)11-4-5-11/h9-13H,4-8H2,1-3H3. The van der Waals surface area contributed by atoms with Crippen molar-refractivity contribution in [2.45, 2.75) is 63.7 Å². The maximum Gasteiger partial charge on any atom is 0.229 e. The minimum Gasteiger partial charge on any atom is -0.339 e. The predicted octanol–water partition coefficient (Wildman–Crippen LogP) is 3.54. The average Bonchev–Trinajstić information content (AvgIpc) is 3.40. The van der Waals surface area contributed by atoms with Crippen molar-refractivity contribution >= 4 is 0 Å². The summed E-state index contributed by atoms with van der Waals surface area (Å²) >= 11 is 0. The fourth-order valence-electron chi connectivity index (χ4n) is 3.24. The van der Waals surface area contributed by atoms with Crippen LogP contribution in [0, 0.1) is 5.92 Å². The zero-order chi connectivity index (χ0) is 15.3. The maximum absolute atomic E-state index is 5.33. The van der Waals surface area contributed by atoms with Crippen LogP contribution in [0.25, 0.3) is 0 Å². The molecule has 2 unspecified atom stereocenters. The molecular weight excluding hydrogens is 276 g/mol. The van der Waals surface area contributed by atoms with Crippen molar-refractivity contribution in [2.75, 3.05) is 0 Å². The number of hydrogen-bond donors (Lipinski definition) is 0. The Morgan fingerprint density at radius 1 is 1.36 bits per heavy atom. The van der Waals surface area contributed by atoms with E-state index in [0.717, 1.165) is 30.5 Å². The molecule has 2 aliphatic rings. The van der Waals surface area contributed by atoms with Gasteiger partial charge in [0.25, 0.3) is 0 Å². The maximum atomic E-state index is 5.33. The topological polar surface area (TPSA) is 56.7 Å². The molecule has 118 valence electrons. The van der Waals surface area contributed by atoms with Gasteiger partial charge in [-0.15, -0.1) is 0 Å². The van der Waals surface area contributed by atoms with Crippen LogP contribution in [-0.4, -0.2) is 19.9 Å². The molecule has 2 saturated carbocycles. The van der Waals surface area contributed by atoms with E-state index in [1.54, 1.807) is 0 Å². The zero-order valence-corrected chi connectivity index (χ0v) is 13.6. The highest BCUT2D eigenvalue weighted by Gasteiger charge is 2.40. The molecule has 0 amide bonds. The van der Waals surface area contributed by atoms with Crippen LogP contribution in [-0.2, 0) is 13.5 Å². The van der Waals surface area contributed by atoms with E-state index >= 15 is 0 Å². The molecule has 4 rings (SSSR count). The van der Waals surface area contributed by atoms with E-state index in [1.165, 1.54) is 30.7 Å². The number of aryl methyl sites for hydroxylation is 2. The molecule has 5 nitrogen and oxygen atoms in total. The van der Waals surface area contributed by atoms with Crippen LogP contribution >= 0.6 is 0 Å². The van der Waals surface area contributed by atoms with Gasteiger partial charge in [0.15, 0.2) is 5.82 Å². The smallest absolute Gasteiger partial charge is 0.229 e. The third-order valence-corrected chi connectivity index (χ3v) is 4.98. The first kappa shape index (κ1) is 14.0. The fourth-order valence-corrected chi connectivity index (χ4v) is 3.24. The first-order valence-corrected chi connectivity index (χ1v) is 8.48. The van der Waals surface area contributed by atoms with Gasteiger partial charge >= 0.3 is 0 Å². The van der Waals surface area contributed by atoms with E-state index < -0.39 is 0 Å². The van der Waals surface area contributed by atoms with Crippen LogP contribution in [0.3, 0.4) is 0 Å². The molecule has 0 N–H and O–H groups in total. The Bertz CT molecular complexity index is 668. The molecule has 2 heterocycles. The highest BCUT2D eigenvalue weighted by Crippen LogP contribution is 2.50. The molecule has 0 radical (unpaired) electrons. The van der Waals surface area contributed by atoms with Crippen LogP contribution in [0.5, 0.6) is 0 Å². The van der Waals surface area contributed by atoms with Gasteiger partial charge in [-0.3, -0.25) is 4.68 Å². The van der Waals surface area contributed by atoms with E-state index in [4.69, 9.17) is 4.52 Å². The lowest BCUT2D eigenvalue weighted by Gasteiger charge is -1.99. The Kier molecular flexibility index (Phi) is 3.31. The van der Waals surface area contributed by atoms with Crippen LogP contribution < -0.4 is 0 Å². The highest BCUT2D eigenvalue weighted by molar-refractivity contribution is 5.23. The SMILES string of the molecule is CC(C)c1cc(C2CC2CCc2noc(C3CC3)n2)n(C)n1. The van der Waals surface area contributed by atoms with E-state index in [1.807, 2.05) is 0 Å². The molecule has 2 atom stereocenters. The van der Waals surface area contributed by atoms with Gasteiger partial charge in [0, 0.05) is 31.0 Å². The molecule has 0 aliphatic heterocycles. The second-order valence-corrected chi connectivity index (χ2v) is 7.24. The highest BCUT2D eigenvalue weighted by atomic mass is 16.5. The van der Waals surface area contributed by atoms with Gasteiger partial charge in [-0.25, -0.2) is 0 Å². The van der Waals surface area contributed by atoms with Gasteiger partial charge in [-0.1, -0.05) is 19.0 Å². The summed E-state index contributed by atoms with van der Waals surface area (Å²) in [6.07, 6.45) is 5.78. The quantitative estimate of drug-likeness (QED) is 0.818. The Morgan fingerprint density at radius 2 is 2.18 bits per heavy atom. The molecule has 5 heteroatoms. The van der Waals surface area contributed by atoms with Gasteiger partial charge < -0.3 is 4.52 Å². The van der Waals surface area contributed by atoms with Gasteiger partial charge in [0.2, 0.25) is 5.89 Å². The minimum atomic E-state index is 0.498.